The highest BCUT2D eigenvalue weighted by atomic mass is 16.7. The summed E-state index contributed by atoms with van der Waals surface area (Å²) in [4.78, 5) is 28.5. The molecule has 0 unspecified atom stereocenters. The van der Waals surface area contributed by atoms with E-state index in [1.165, 1.54) is 4.68 Å². The summed E-state index contributed by atoms with van der Waals surface area (Å²) in [5.41, 5.74) is 1.22. The van der Waals surface area contributed by atoms with E-state index in [2.05, 4.69) is 5.10 Å². The first-order valence-corrected chi connectivity index (χ1v) is 10.6. The van der Waals surface area contributed by atoms with Crippen LogP contribution < -0.4 is 5.56 Å². The van der Waals surface area contributed by atoms with Crippen molar-refractivity contribution in [1.82, 2.24) is 19.2 Å². The van der Waals surface area contributed by atoms with E-state index in [0.29, 0.717) is 51.1 Å². The minimum atomic E-state index is -0.521. The lowest BCUT2D eigenvalue weighted by Crippen LogP contribution is -2.49. The number of para-hydroxylation sites is 1. The molecule has 3 aromatic rings. The van der Waals surface area contributed by atoms with E-state index in [0.717, 1.165) is 16.3 Å². The lowest BCUT2D eigenvalue weighted by molar-refractivity contribution is -0.188. The number of piperidine rings is 1. The summed E-state index contributed by atoms with van der Waals surface area (Å²) >= 11 is 0. The summed E-state index contributed by atoms with van der Waals surface area (Å²) in [7, 11) is 1.64. The molecule has 0 N–H and O–H groups in total. The van der Waals surface area contributed by atoms with Crippen molar-refractivity contribution < 1.29 is 14.3 Å². The first kappa shape index (κ1) is 19.3. The van der Waals surface area contributed by atoms with E-state index in [1.807, 2.05) is 40.7 Å². The quantitative estimate of drug-likeness (QED) is 0.662. The van der Waals surface area contributed by atoms with Gasteiger partial charge in [-0.1, -0.05) is 25.1 Å². The Morgan fingerprint density at radius 2 is 1.87 bits per heavy atom. The normalized spacial score (nSPS) is 19.7. The Hall–Kier alpha value is -2.71. The van der Waals surface area contributed by atoms with Crippen LogP contribution in [-0.4, -0.2) is 57.2 Å². The van der Waals surface area contributed by atoms with Gasteiger partial charge in [0.15, 0.2) is 5.79 Å². The van der Waals surface area contributed by atoms with Crippen LogP contribution in [0.25, 0.3) is 21.8 Å². The van der Waals surface area contributed by atoms with Crippen LogP contribution in [0.2, 0.25) is 0 Å². The zero-order valence-electron chi connectivity index (χ0n) is 17.3. The van der Waals surface area contributed by atoms with Crippen LogP contribution in [-0.2, 0) is 21.3 Å². The van der Waals surface area contributed by atoms with Crippen molar-refractivity contribution in [3.63, 3.8) is 0 Å². The number of likely N-dealkylation sites (tertiary alicyclic amines) is 1. The Bertz CT molecular complexity index is 1170. The van der Waals surface area contributed by atoms with E-state index in [9.17, 15) is 9.59 Å². The number of aryl methyl sites for hydroxylation is 1. The number of ether oxygens (including phenoxy) is 2. The standard InChI is InChI=1S/C22H26N4O4/c1-3-17(20(27)25-10-8-22(9-11-25)29-12-13-30-22)26-18-7-5-4-6-15(18)16-14-23-24(2)21(28)19(16)26/h4-7,14,17H,3,8-13H2,1-2H3/t17-/m1/s1. The maximum atomic E-state index is 13.6. The molecule has 0 bridgehead atoms. The van der Waals surface area contributed by atoms with Crippen molar-refractivity contribution in [2.45, 2.75) is 38.0 Å². The fraction of sp³-hybridized carbons (Fsp3) is 0.500. The molecule has 0 aliphatic carbocycles. The third kappa shape index (κ3) is 2.86. The molecule has 2 fully saturated rings. The number of amides is 1. The number of nitrogens with zero attached hydrogens (tertiary/aromatic N) is 4. The molecule has 8 nitrogen and oxygen atoms in total. The molecule has 4 heterocycles. The maximum Gasteiger partial charge on any atom is 0.291 e. The SMILES string of the molecule is CC[C@H](C(=O)N1CCC2(CC1)OCCO2)n1c2ccccc2c2cnn(C)c(=O)c21. The van der Waals surface area contributed by atoms with Gasteiger partial charge >= 0.3 is 0 Å². The molecule has 2 aliphatic rings. The Kier molecular flexibility index (Phi) is 4.63. The highest BCUT2D eigenvalue weighted by Gasteiger charge is 2.42. The number of carbonyl (C=O) groups is 1. The van der Waals surface area contributed by atoms with Crippen molar-refractivity contribution in [2.75, 3.05) is 26.3 Å². The minimum absolute atomic E-state index is 0.0341. The van der Waals surface area contributed by atoms with Gasteiger partial charge in [-0.2, -0.15) is 5.10 Å². The summed E-state index contributed by atoms with van der Waals surface area (Å²) in [6.45, 7) is 4.40. The highest BCUT2D eigenvalue weighted by Crippen LogP contribution is 2.35. The Labute approximate surface area is 174 Å². The number of benzene rings is 1. The Balaban J connectivity index is 1.57. The molecule has 8 heteroatoms. The Morgan fingerprint density at radius 3 is 2.57 bits per heavy atom. The molecule has 2 aromatic heterocycles. The van der Waals surface area contributed by atoms with Crippen molar-refractivity contribution in [2.24, 2.45) is 7.05 Å². The monoisotopic (exact) mass is 410 g/mol. The van der Waals surface area contributed by atoms with Crippen LogP contribution >= 0.6 is 0 Å². The topological polar surface area (TPSA) is 78.6 Å². The molecule has 1 spiro atoms. The largest absolute Gasteiger partial charge is 0.347 e. The maximum absolute atomic E-state index is 13.6. The molecule has 1 amide bonds. The van der Waals surface area contributed by atoms with Crippen molar-refractivity contribution in [3.05, 3.63) is 40.8 Å². The van der Waals surface area contributed by atoms with Crippen LogP contribution in [0.1, 0.15) is 32.2 Å². The molecule has 1 atom stereocenters. The van der Waals surface area contributed by atoms with Gasteiger partial charge in [0.25, 0.3) is 5.56 Å². The first-order chi connectivity index (χ1) is 14.5. The van der Waals surface area contributed by atoms with Crippen molar-refractivity contribution in [1.29, 1.82) is 0 Å². The van der Waals surface area contributed by atoms with Gasteiger partial charge in [-0.3, -0.25) is 9.59 Å². The van der Waals surface area contributed by atoms with Crippen LogP contribution in [0, 0.1) is 0 Å². The molecule has 0 saturated carbocycles. The summed E-state index contributed by atoms with van der Waals surface area (Å²) in [5, 5.41) is 5.92. The van der Waals surface area contributed by atoms with Gasteiger partial charge in [-0.15, -0.1) is 0 Å². The second kappa shape index (κ2) is 7.21. The van der Waals surface area contributed by atoms with Gasteiger partial charge < -0.3 is 18.9 Å². The predicted molar refractivity (Wildman–Crippen MR) is 112 cm³/mol. The fourth-order valence-electron chi connectivity index (χ4n) is 4.84. The number of aromatic nitrogens is 3. The van der Waals surface area contributed by atoms with Crippen LogP contribution in [0.4, 0.5) is 0 Å². The molecule has 0 radical (unpaired) electrons. The number of rotatable bonds is 3. The van der Waals surface area contributed by atoms with Gasteiger partial charge in [0, 0.05) is 43.8 Å². The average Bonchev–Trinajstić information content (AvgIpc) is 3.35. The van der Waals surface area contributed by atoms with E-state index >= 15 is 0 Å². The van der Waals surface area contributed by atoms with Crippen LogP contribution in [0.3, 0.4) is 0 Å². The number of fused-ring (bicyclic) bond motifs is 3. The van der Waals surface area contributed by atoms with E-state index in [1.54, 1.807) is 13.2 Å². The van der Waals surface area contributed by atoms with Gasteiger partial charge in [0.05, 0.1) is 24.9 Å². The third-order valence-corrected chi connectivity index (χ3v) is 6.44. The third-order valence-electron chi connectivity index (χ3n) is 6.44. The van der Waals surface area contributed by atoms with Crippen LogP contribution in [0.15, 0.2) is 35.3 Å². The second-order valence-electron chi connectivity index (χ2n) is 8.08. The zero-order valence-corrected chi connectivity index (χ0v) is 17.3. The Morgan fingerprint density at radius 1 is 1.17 bits per heavy atom. The molecule has 2 saturated heterocycles. The number of hydrogen-bond donors (Lipinski definition) is 0. The second-order valence-corrected chi connectivity index (χ2v) is 8.08. The lowest BCUT2D eigenvalue weighted by atomic mass is 10.0. The molecule has 5 rings (SSSR count). The van der Waals surface area contributed by atoms with Gasteiger partial charge in [-0.05, 0) is 12.5 Å². The summed E-state index contributed by atoms with van der Waals surface area (Å²) < 4.78 is 14.8. The first-order valence-electron chi connectivity index (χ1n) is 10.6. The van der Waals surface area contributed by atoms with Crippen molar-refractivity contribution >= 4 is 27.7 Å². The minimum Gasteiger partial charge on any atom is -0.347 e. The van der Waals surface area contributed by atoms with E-state index in [4.69, 9.17) is 9.47 Å². The average molecular weight is 410 g/mol. The smallest absolute Gasteiger partial charge is 0.291 e. The molecule has 2 aliphatic heterocycles. The predicted octanol–water partition coefficient (Wildman–Crippen LogP) is 2.20. The lowest BCUT2D eigenvalue weighted by Gasteiger charge is -2.39. The van der Waals surface area contributed by atoms with Crippen LogP contribution in [0.5, 0.6) is 0 Å². The fourth-order valence-corrected chi connectivity index (χ4v) is 4.84. The van der Waals surface area contributed by atoms with E-state index < -0.39 is 11.8 Å². The molecular formula is C22H26N4O4. The van der Waals surface area contributed by atoms with Gasteiger partial charge in [0.1, 0.15) is 11.6 Å². The van der Waals surface area contributed by atoms with Crippen molar-refractivity contribution in [3.8, 4) is 0 Å². The zero-order chi connectivity index (χ0) is 20.9. The molecule has 158 valence electrons. The highest BCUT2D eigenvalue weighted by molar-refractivity contribution is 6.08. The molecule has 30 heavy (non-hydrogen) atoms. The summed E-state index contributed by atoms with van der Waals surface area (Å²) in [5.74, 6) is -0.487. The summed E-state index contributed by atoms with van der Waals surface area (Å²) in [6, 6.07) is 7.37. The van der Waals surface area contributed by atoms with E-state index in [-0.39, 0.29) is 11.5 Å². The summed E-state index contributed by atoms with van der Waals surface area (Å²) in [6.07, 6.45) is 3.65. The number of carbonyl (C=O) groups excluding carboxylic acids is 1. The molecule has 1 aromatic carbocycles. The number of hydrogen-bond acceptors (Lipinski definition) is 5. The van der Waals surface area contributed by atoms with Gasteiger partial charge in [0.2, 0.25) is 5.91 Å². The van der Waals surface area contributed by atoms with Gasteiger partial charge in [-0.25, -0.2) is 4.68 Å². The molecular weight excluding hydrogens is 384 g/mol.